The predicted octanol–water partition coefficient (Wildman–Crippen LogP) is 0.912. The Labute approximate surface area is 155 Å². The van der Waals surface area contributed by atoms with Crippen molar-refractivity contribution in [3.05, 3.63) is 12.2 Å². The molecule has 0 radical (unpaired) electrons. The number of nitrogens with two attached hydrogens (primary N) is 1. The molecule has 8 heteroatoms. The maximum atomic E-state index is 12.2. The van der Waals surface area contributed by atoms with E-state index in [1.54, 1.807) is 13.0 Å². The molecule has 0 aliphatic carbocycles. The van der Waals surface area contributed by atoms with E-state index in [0.717, 1.165) is 6.42 Å². The first-order valence-electron chi connectivity index (χ1n) is 8.52. The minimum absolute atomic E-state index is 0. The first kappa shape index (κ1) is 23.4. The largest absolute Gasteiger partial charge is 0.463 e. The van der Waals surface area contributed by atoms with Gasteiger partial charge in [-0.3, -0.25) is 9.59 Å². The van der Waals surface area contributed by atoms with E-state index in [1.807, 2.05) is 13.8 Å². The van der Waals surface area contributed by atoms with Crippen molar-refractivity contribution in [2.45, 2.75) is 52.1 Å². The van der Waals surface area contributed by atoms with E-state index >= 15 is 0 Å². The van der Waals surface area contributed by atoms with Crippen molar-refractivity contribution in [1.82, 2.24) is 10.6 Å². The Balaban J connectivity index is 0.00000576. The third kappa shape index (κ3) is 8.88. The highest BCUT2D eigenvalue weighted by Crippen LogP contribution is 2.17. The molecule has 1 aliphatic heterocycles. The molecule has 0 aromatic rings. The molecule has 7 nitrogen and oxygen atoms in total. The maximum absolute atomic E-state index is 12.2. The molecule has 1 rings (SSSR count). The molecule has 2 amide bonds. The molecule has 1 heterocycles. The van der Waals surface area contributed by atoms with Crippen LogP contribution < -0.4 is 16.4 Å². The van der Waals surface area contributed by atoms with Crippen LogP contribution in [0, 0.1) is 11.8 Å². The van der Waals surface area contributed by atoms with Gasteiger partial charge in [0.2, 0.25) is 11.8 Å². The Morgan fingerprint density at radius 3 is 2.64 bits per heavy atom. The summed E-state index contributed by atoms with van der Waals surface area (Å²) in [6, 6.07) is -1.05. The number of halogens is 1. The molecule has 0 saturated carbocycles. The van der Waals surface area contributed by atoms with Crippen molar-refractivity contribution in [3.8, 4) is 0 Å². The summed E-state index contributed by atoms with van der Waals surface area (Å²) in [6.45, 7) is 6.63. The van der Waals surface area contributed by atoms with Gasteiger partial charge in [0, 0.05) is 24.6 Å². The normalized spacial score (nSPS) is 19.2. The van der Waals surface area contributed by atoms with Crippen LogP contribution in [-0.4, -0.2) is 43.0 Å². The average Bonchev–Trinajstić information content (AvgIpc) is 2.89. The van der Waals surface area contributed by atoms with Gasteiger partial charge >= 0.3 is 5.97 Å². The maximum Gasteiger partial charge on any atom is 0.330 e. The number of nitrogens with one attached hydrogen (secondary N) is 2. The summed E-state index contributed by atoms with van der Waals surface area (Å²) < 4.78 is 4.85. The number of carbonyl (C=O) groups is 3. The summed E-state index contributed by atoms with van der Waals surface area (Å²) in [4.78, 5) is 35.5. The molecule has 25 heavy (non-hydrogen) atoms. The lowest BCUT2D eigenvalue weighted by molar-refractivity contribution is -0.137. The van der Waals surface area contributed by atoms with Crippen LogP contribution in [0.1, 0.15) is 40.0 Å². The van der Waals surface area contributed by atoms with Gasteiger partial charge in [0.15, 0.2) is 0 Å². The number of hydrogen-bond acceptors (Lipinski definition) is 5. The van der Waals surface area contributed by atoms with Gasteiger partial charge in [-0.1, -0.05) is 19.9 Å². The lowest BCUT2D eigenvalue weighted by atomic mass is 9.97. The number of rotatable bonds is 9. The second-order valence-electron chi connectivity index (χ2n) is 6.47. The predicted molar refractivity (Wildman–Crippen MR) is 98.1 cm³/mol. The molecule has 3 atom stereocenters. The van der Waals surface area contributed by atoms with Crippen LogP contribution in [0.25, 0.3) is 0 Å². The molecule has 1 fully saturated rings. The molecule has 4 N–H and O–H groups in total. The van der Waals surface area contributed by atoms with E-state index in [9.17, 15) is 14.4 Å². The quantitative estimate of drug-likeness (QED) is 0.410. The Morgan fingerprint density at radius 2 is 2.12 bits per heavy atom. The fourth-order valence-corrected chi connectivity index (χ4v) is 2.65. The Bertz CT molecular complexity index is 483. The fourth-order valence-electron chi connectivity index (χ4n) is 2.65. The summed E-state index contributed by atoms with van der Waals surface area (Å²) in [7, 11) is 0. The van der Waals surface area contributed by atoms with Crippen LogP contribution >= 0.6 is 12.4 Å². The summed E-state index contributed by atoms with van der Waals surface area (Å²) in [5, 5.41) is 5.60. The summed E-state index contributed by atoms with van der Waals surface area (Å²) >= 11 is 0. The number of carbonyl (C=O) groups excluding carboxylic acids is 3. The molecular weight excluding hydrogens is 346 g/mol. The number of amides is 2. The van der Waals surface area contributed by atoms with Crippen molar-refractivity contribution in [3.63, 3.8) is 0 Å². The van der Waals surface area contributed by atoms with E-state index in [2.05, 4.69) is 10.6 Å². The molecular formula is C17H30ClN3O4. The van der Waals surface area contributed by atoms with Crippen LogP contribution in [0.5, 0.6) is 0 Å². The molecule has 0 aromatic heterocycles. The highest BCUT2D eigenvalue weighted by molar-refractivity contribution is 5.85. The molecule has 0 aromatic carbocycles. The Hall–Kier alpha value is -1.60. The molecule has 0 bridgehead atoms. The van der Waals surface area contributed by atoms with E-state index in [1.165, 1.54) is 6.08 Å². The monoisotopic (exact) mass is 375 g/mol. The van der Waals surface area contributed by atoms with Gasteiger partial charge in [-0.25, -0.2) is 4.79 Å². The minimum Gasteiger partial charge on any atom is -0.463 e. The lowest BCUT2D eigenvalue weighted by Crippen LogP contribution is -2.46. The van der Waals surface area contributed by atoms with Crippen LogP contribution in [0.2, 0.25) is 0 Å². The molecule has 3 unspecified atom stereocenters. The molecule has 1 saturated heterocycles. The van der Waals surface area contributed by atoms with Crippen LogP contribution in [0.3, 0.4) is 0 Å². The van der Waals surface area contributed by atoms with Crippen LogP contribution in [-0.2, 0) is 19.1 Å². The summed E-state index contributed by atoms with van der Waals surface area (Å²) in [5.41, 5.74) is 5.90. The zero-order valence-corrected chi connectivity index (χ0v) is 15.9. The number of esters is 1. The molecule has 144 valence electrons. The van der Waals surface area contributed by atoms with E-state index in [-0.39, 0.29) is 36.7 Å². The first-order chi connectivity index (χ1) is 11.3. The van der Waals surface area contributed by atoms with Gasteiger partial charge in [-0.15, -0.1) is 12.4 Å². The van der Waals surface area contributed by atoms with Crippen molar-refractivity contribution < 1.29 is 19.1 Å². The Morgan fingerprint density at radius 1 is 1.44 bits per heavy atom. The van der Waals surface area contributed by atoms with E-state index in [0.29, 0.717) is 25.3 Å². The van der Waals surface area contributed by atoms with Gasteiger partial charge < -0.3 is 21.1 Å². The summed E-state index contributed by atoms with van der Waals surface area (Å²) in [5.74, 6) is -0.645. The van der Waals surface area contributed by atoms with Gasteiger partial charge in [-0.2, -0.15) is 0 Å². The number of ether oxygens (including phenoxy) is 1. The third-order valence-electron chi connectivity index (χ3n) is 3.84. The SMILES string of the molecule is CCOC(=O)C=CC(CC1CCNC1=O)NC(=O)C(N)CC(C)C.Cl. The van der Waals surface area contributed by atoms with Crippen molar-refractivity contribution in [2.24, 2.45) is 17.6 Å². The van der Waals surface area contributed by atoms with Crippen molar-refractivity contribution in [1.29, 1.82) is 0 Å². The minimum atomic E-state index is -0.610. The lowest BCUT2D eigenvalue weighted by Gasteiger charge is -2.21. The second kappa shape index (κ2) is 11.9. The highest BCUT2D eigenvalue weighted by Gasteiger charge is 2.28. The van der Waals surface area contributed by atoms with Gasteiger partial charge in [0.1, 0.15) is 0 Å². The van der Waals surface area contributed by atoms with Gasteiger partial charge in [0.05, 0.1) is 12.6 Å². The van der Waals surface area contributed by atoms with Crippen molar-refractivity contribution >= 4 is 30.2 Å². The first-order valence-corrected chi connectivity index (χ1v) is 8.52. The van der Waals surface area contributed by atoms with Gasteiger partial charge in [-0.05, 0) is 32.1 Å². The van der Waals surface area contributed by atoms with Crippen molar-refractivity contribution in [2.75, 3.05) is 13.2 Å². The molecule has 0 spiro atoms. The Kier molecular flexibility index (Phi) is 11.1. The third-order valence-corrected chi connectivity index (χ3v) is 3.84. The average molecular weight is 376 g/mol. The van der Waals surface area contributed by atoms with Gasteiger partial charge in [0.25, 0.3) is 0 Å². The topological polar surface area (TPSA) is 111 Å². The zero-order chi connectivity index (χ0) is 18.1. The summed E-state index contributed by atoms with van der Waals surface area (Å²) in [6.07, 6.45) is 4.58. The zero-order valence-electron chi connectivity index (χ0n) is 15.1. The van der Waals surface area contributed by atoms with Crippen LogP contribution in [0.4, 0.5) is 0 Å². The standard InChI is InChI=1S/C17H29N3O4.ClH/c1-4-24-15(21)6-5-13(10-12-7-8-19-16(12)22)20-17(23)14(18)9-11(2)3;/h5-6,11-14H,4,7-10,18H2,1-3H3,(H,19,22)(H,20,23);1H. The smallest absolute Gasteiger partial charge is 0.330 e. The van der Waals surface area contributed by atoms with E-state index in [4.69, 9.17) is 10.5 Å². The second-order valence-corrected chi connectivity index (χ2v) is 6.47. The fraction of sp³-hybridized carbons (Fsp3) is 0.706. The van der Waals surface area contributed by atoms with Crippen LogP contribution in [0.15, 0.2) is 12.2 Å². The highest BCUT2D eigenvalue weighted by atomic mass is 35.5. The number of hydrogen-bond donors (Lipinski definition) is 3. The van der Waals surface area contributed by atoms with E-state index < -0.39 is 18.1 Å². The molecule has 1 aliphatic rings.